The van der Waals surface area contributed by atoms with E-state index in [0.717, 1.165) is 24.1 Å². The Morgan fingerprint density at radius 2 is 2.27 bits per heavy atom. The molecule has 0 saturated carbocycles. The largest absolute Gasteiger partial charge is 0.310 e. The molecule has 1 N–H and O–H groups in total. The zero-order chi connectivity index (χ0) is 11.1. The lowest BCUT2D eigenvalue weighted by molar-refractivity contribution is 0.553. The van der Waals surface area contributed by atoms with Crippen LogP contribution >= 0.6 is 0 Å². The molecule has 1 atom stereocenters. The summed E-state index contributed by atoms with van der Waals surface area (Å²) in [5, 5.41) is 12.2. The molecule has 0 bridgehead atoms. The molecule has 0 fully saturated rings. The average Bonchev–Trinajstić information content (AvgIpc) is 2.27. The van der Waals surface area contributed by atoms with Crippen LogP contribution < -0.4 is 5.32 Å². The highest BCUT2D eigenvalue weighted by Crippen LogP contribution is 2.07. The number of hydrogen-bond acceptors (Lipinski definition) is 2. The Morgan fingerprint density at radius 3 is 2.93 bits per heavy atom. The predicted molar refractivity (Wildman–Crippen MR) is 62.3 cm³/mol. The normalized spacial score (nSPS) is 11.7. The molecule has 1 aromatic carbocycles. The summed E-state index contributed by atoms with van der Waals surface area (Å²) in [6.45, 7) is 6.54. The van der Waals surface area contributed by atoms with E-state index in [1.807, 2.05) is 30.3 Å². The van der Waals surface area contributed by atoms with Gasteiger partial charge in [0.1, 0.15) is 0 Å². The maximum atomic E-state index is 8.89. The molecule has 0 spiro atoms. The second-order valence-corrected chi connectivity index (χ2v) is 3.58. The molecule has 0 aliphatic rings. The maximum Gasteiger partial charge on any atom is 0.0995 e. The van der Waals surface area contributed by atoms with Gasteiger partial charge in [-0.05, 0) is 25.0 Å². The van der Waals surface area contributed by atoms with E-state index in [9.17, 15) is 0 Å². The molecule has 0 radical (unpaired) electrons. The Hall–Kier alpha value is -1.59. The van der Waals surface area contributed by atoms with Crippen LogP contribution in [0, 0.1) is 11.3 Å². The van der Waals surface area contributed by atoms with Gasteiger partial charge in [-0.15, -0.1) is 6.58 Å². The van der Waals surface area contributed by atoms with Crippen LogP contribution in [-0.4, -0.2) is 6.04 Å². The van der Waals surface area contributed by atoms with Crippen molar-refractivity contribution in [2.45, 2.75) is 25.9 Å². The van der Waals surface area contributed by atoms with E-state index in [1.165, 1.54) is 0 Å². The Kier molecular flexibility index (Phi) is 4.59. The monoisotopic (exact) mass is 200 g/mol. The summed E-state index contributed by atoms with van der Waals surface area (Å²) in [6.07, 6.45) is 2.84. The predicted octanol–water partition coefficient (Wildman–Crippen LogP) is 2.61. The molecule has 0 amide bonds. The first-order chi connectivity index (χ1) is 7.27. The molecule has 0 aromatic heterocycles. The highest BCUT2D eigenvalue weighted by atomic mass is 14.9. The number of nitrogens with zero attached hydrogens (tertiary/aromatic N) is 1. The lowest BCUT2D eigenvalue weighted by atomic mass is 10.1. The van der Waals surface area contributed by atoms with Crippen molar-refractivity contribution in [3.05, 3.63) is 48.0 Å². The summed E-state index contributed by atoms with van der Waals surface area (Å²) in [4.78, 5) is 0. The van der Waals surface area contributed by atoms with Crippen molar-refractivity contribution in [2.24, 2.45) is 0 Å². The molecule has 1 rings (SSSR count). The number of hydrogen-bond donors (Lipinski definition) is 1. The van der Waals surface area contributed by atoms with Crippen molar-refractivity contribution >= 4 is 0 Å². The summed E-state index contributed by atoms with van der Waals surface area (Å²) < 4.78 is 0. The van der Waals surface area contributed by atoms with Gasteiger partial charge in [0, 0.05) is 12.6 Å². The molecule has 0 aliphatic carbocycles. The van der Waals surface area contributed by atoms with Crippen LogP contribution in [0.25, 0.3) is 0 Å². The lowest BCUT2D eigenvalue weighted by Gasteiger charge is -2.12. The van der Waals surface area contributed by atoms with Crippen molar-refractivity contribution in [1.29, 1.82) is 5.26 Å². The van der Waals surface area contributed by atoms with E-state index in [2.05, 4.69) is 24.9 Å². The summed E-state index contributed by atoms with van der Waals surface area (Å²) >= 11 is 0. The summed E-state index contributed by atoms with van der Waals surface area (Å²) in [6, 6.07) is 10.2. The average molecular weight is 200 g/mol. The smallest absolute Gasteiger partial charge is 0.0995 e. The summed E-state index contributed by atoms with van der Waals surface area (Å²) in [5.41, 5.74) is 1.80. The van der Waals surface area contributed by atoms with Gasteiger partial charge in [0.2, 0.25) is 0 Å². The fraction of sp³-hybridized carbons (Fsp3) is 0.308. The third-order valence-corrected chi connectivity index (χ3v) is 2.30. The highest BCUT2D eigenvalue weighted by Gasteiger charge is 2.02. The van der Waals surface area contributed by atoms with E-state index in [0.29, 0.717) is 6.04 Å². The standard InChI is InChI=1S/C13H16N2/c1-3-6-11(2)15-10-13-8-5-4-7-12(13)9-14/h3-5,7-8,11,15H,1,6,10H2,2H3. The van der Waals surface area contributed by atoms with Crippen LogP contribution in [0.3, 0.4) is 0 Å². The van der Waals surface area contributed by atoms with Crippen LogP contribution in [0.5, 0.6) is 0 Å². The third-order valence-electron chi connectivity index (χ3n) is 2.30. The fourth-order valence-electron chi connectivity index (χ4n) is 1.40. The topological polar surface area (TPSA) is 35.8 Å². The molecule has 0 saturated heterocycles. The zero-order valence-corrected chi connectivity index (χ0v) is 9.03. The fourth-order valence-corrected chi connectivity index (χ4v) is 1.40. The first-order valence-corrected chi connectivity index (χ1v) is 5.10. The number of benzene rings is 1. The van der Waals surface area contributed by atoms with Gasteiger partial charge in [0.15, 0.2) is 0 Å². The van der Waals surface area contributed by atoms with Crippen molar-refractivity contribution in [3.8, 4) is 6.07 Å². The molecule has 0 heterocycles. The second kappa shape index (κ2) is 6.00. The molecule has 78 valence electrons. The van der Waals surface area contributed by atoms with Gasteiger partial charge in [-0.3, -0.25) is 0 Å². The van der Waals surface area contributed by atoms with Gasteiger partial charge >= 0.3 is 0 Å². The number of rotatable bonds is 5. The number of nitrogens with one attached hydrogen (secondary N) is 1. The van der Waals surface area contributed by atoms with Gasteiger partial charge in [-0.1, -0.05) is 24.3 Å². The van der Waals surface area contributed by atoms with E-state index in [1.54, 1.807) is 0 Å². The maximum absolute atomic E-state index is 8.89. The molecule has 2 heteroatoms. The Balaban J connectivity index is 2.57. The van der Waals surface area contributed by atoms with E-state index < -0.39 is 0 Å². The van der Waals surface area contributed by atoms with Crippen molar-refractivity contribution in [1.82, 2.24) is 5.32 Å². The molecule has 15 heavy (non-hydrogen) atoms. The van der Waals surface area contributed by atoms with Crippen LogP contribution in [0.15, 0.2) is 36.9 Å². The minimum atomic E-state index is 0.397. The second-order valence-electron chi connectivity index (χ2n) is 3.58. The van der Waals surface area contributed by atoms with Crippen molar-refractivity contribution in [3.63, 3.8) is 0 Å². The summed E-state index contributed by atoms with van der Waals surface area (Å²) in [5.74, 6) is 0. The minimum Gasteiger partial charge on any atom is -0.310 e. The first-order valence-electron chi connectivity index (χ1n) is 5.10. The third kappa shape index (κ3) is 3.57. The van der Waals surface area contributed by atoms with Crippen LogP contribution in [0.2, 0.25) is 0 Å². The number of nitriles is 1. The zero-order valence-electron chi connectivity index (χ0n) is 9.03. The van der Waals surface area contributed by atoms with Gasteiger partial charge in [0.05, 0.1) is 11.6 Å². The van der Waals surface area contributed by atoms with Gasteiger partial charge < -0.3 is 5.32 Å². The molecule has 1 aromatic rings. The lowest BCUT2D eigenvalue weighted by Crippen LogP contribution is -2.25. The molecule has 1 unspecified atom stereocenters. The SMILES string of the molecule is C=CCC(C)NCc1ccccc1C#N. The van der Waals surface area contributed by atoms with Crippen molar-refractivity contribution in [2.75, 3.05) is 0 Å². The first kappa shape index (κ1) is 11.5. The van der Waals surface area contributed by atoms with Gasteiger partial charge in [0.25, 0.3) is 0 Å². The van der Waals surface area contributed by atoms with Crippen LogP contribution in [0.4, 0.5) is 0 Å². The highest BCUT2D eigenvalue weighted by molar-refractivity contribution is 5.37. The quantitative estimate of drug-likeness (QED) is 0.742. The van der Waals surface area contributed by atoms with Crippen molar-refractivity contribution < 1.29 is 0 Å². The Bertz CT molecular complexity index is 363. The van der Waals surface area contributed by atoms with E-state index in [-0.39, 0.29) is 0 Å². The van der Waals surface area contributed by atoms with Gasteiger partial charge in [-0.2, -0.15) is 5.26 Å². The van der Waals surface area contributed by atoms with E-state index in [4.69, 9.17) is 5.26 Å². The molecular weight excluding hydrogens is 184 g/mol. The Labute approximate surface area is 91.2 Å². The molecule has 0 aliphatic heterocycles. The van der Waals surface area contributed by atoms with Gasteiger partial charge in [-0.25, -0.2) is 0 Å². The minimum absolute atomic E-state index is 0.397. The molecule has 2 nitrogen and oxygen atoms in total. The van der Waals surface area contributed by atoms with Crippen LogP contribution in [0.1, 0.15) is 24.5 Å². The summed E-state index contributed by atoms with van der Waals surface area (Å²) in [7, 11) is 0. The molecular formula is C13H16N2. The van der Waals surface area contributed by atoms with Crippen LogP contribution in [-0.2, 0) is 6.54 Å². The Morgan fingerprint density at radius 1 is 1.53 bits per heavy atom. The van der Waals surface area contributed by atoms with E-state index >= 15 is 0 Å².